The quantitative estimate of drug-likeness (QED) is 0.528. The van der Waals surface area contributed by atoms with Crippen molar-refractivity contribution < 1.29 is 13.6 Å². The fourth-order valence-electron chi connectivity index (χ4n) is 1.33. The molecule has 0 saturated heterocycles. The second-order valence-electron chi connectivity index (χ2n) is 2.72. The first-order chi connectivity index (χ1) is 5.15. The molecule has 0 radical (unpaired) electrons. The van der Waals surface area contributed by atoms with Crippen molar-refractivity contribution in [1.82, 2.24) is 0 Å². The summed E-state index contributed by atoms with van der Waals surface area (Å²) < 4.78 is 24.2. The third kappa shape index (κ3) is 1.56. The van der Waals surface area contributed by atoms with E-state index in [0.29, 0.717) is 0 Å². The van der Waals surface area contributed by atoms with E-state index in [1.807, 2.05) is 0 Å². The number of carbonyl (C=O) groups excluding carboxylic acids is 1. The Morgan fingerprint density at radius 2 is 2.18 bits per heavy atom. The van der Waals surface area contributed by atoms with Gasteiger partial charge in [-0.2, -0.15) is 0 Å². The molecule has 0 aromatic carbocycles. The minimum atomic E-state index is -2.46. The van der Waals surface area contributed by atoms with Crippen LogP contribution in [0.4, 0.5) is 8.78 Å². The van der Waals surface area contributed by atoms with Crippen LogP contribution in [0.1, 0.15) is 12.8 Å². The average molecular weight is 158 g/mol. The molecule has 0 aromatic rings. The van der Waals surface area contributed by atoms with Gasteiger partial charge in [0.05, 0.1) is 0 Å². The van der Waals surface area contributed by atoms with Gasteiger partial charge < -0.3 is 0 Å². The van der Waals surface area contributed by atoms with Gasteiger partial charge in [-0.15, -0.1) is 12.3 Å². The molecule has 0 bridgehead atoms. The van der Waals surface area contributed by atoms with Gasteiger partial charge in [-0.05, 0) is 0 Å². The van der Waals surface area contributed by atoms with E-state index >= 15 is 0 Å². The monoisotopic (exact) mass is 158 g/mol. The summed E-state index contributed by atoms with van der Waals surface area (Å²) in [7, 11) is 0. The number of rotatable bonds is 1. The minimum Gasteiger partial charge on any atom is -0.300 e. The summed E-state index contributed by atoms with van der Waals surface area (Å²) in [5.41, 5.74) is 0. The zero-order chi connectivity index (χ0) is 8.43. The maximum absolute atomic E-state index is 12.1. The summed E-state index contributed by atoms with van der Waals surface area (Å²) in [5, 5.41) is 0. The topological polar surface area (TPSA) is 17.1 Å². The standard InChI is InChI=1S/C8H8F2O/c1-2-5-3-6(11)4-7(5)8(9)10/h1,5,7-8H,3-4H2. The highest BCUT2D eigenvalue weighted by Gasteiger charge is 2.37. The smallest absolute Gasteiger partial charge is 0.243 e. The van der Waals surface area contributed by atoms with E-state index in [-0.39, 0.29) is 18.6 Å². The van der Waals surface area contributed by atoms with Crippen LogP contribution < -0.4 is 0 Å². The van der Waals surface area contributed by atoms with Crippen molar-refractivity contribution in [1.29, 1.82) is 0 Å². The third-order valence-electron chi connectivity index (χ3n) is 1.97. The number of hydrogen-bond acceptors (Lipinski definition) is 1. The van der Waals surface area contributed by atoms with Crippen LogP contribution >= 0.6 is 0 Å². The highest BCUT2D eigenvalue weighted by atomic mass is 19.3. The summed E-state index contributed by atoms with van der Waals surface area (Å²) >= 11 is 0. The first kappa shape index (κ1) is 8.19. The molecule has 1 aliphatic carbocycles. The van der Waals surface area contributed by atoms with Crippen LogP contribution in [0.3, 0.4) is 0 Å². The second kappa shape index (κ2) is 3.00. The van der Waals surface area contributed by atoms with Gasteiger partial charge in [-0.3, -0.25) is 4.79 Å². The molecule has 60 valence electrons. The Balaban J connectivity index is 2.66. The molecule has 1 nitrogen and oxygen atoms in total. The molecule has 1 saturated carbocycles. The Bertz CT molecular complexity index is 205. The fourth-order valence-corrected chi connectivity index (χ4v) is 1.33. The van der Waals surface area contributed by atoms with Crippen molar-refractivity contribution in [3.05, 3.63) is 0 Å². The van der Waals surface area contributed by atoms with Crippen LogP contribution in [-0.4, -0.2) is 12.2 Å². The van der Waals surface area contributed by atoms with Gasteiger partial charge in [0, 0.05) is 24.7 Å². The largest absolute Gasteiger partial charge is 0.300 e. The SMILES string of the molecule is C#CC1CC(=O)CC1C(F)F. The van der Waals surface area contributed by atoms with Crippen LogP contribution in [0.5, 0.6) is 0 Å². The van der Waals surface area contributed by atoms with E-state index in [1.54, 1.807) is 0 Å². The Hall–Kier alpha value is -0.910. The number of terminal acetylenes is 1. The lowest BCUT2D eigenvalue weighted by Crippen LogP contribution is -2.14. The Morgan fingerprint density at radius 1 is 1.55 bits per heavy atom. The maximum atomic E-state index is 12.1. The zero-order valence-electron chi connectivity index (χ0n) is 5.89. The van der Waals surface area contributed by atoms with Gasteiger partial charge in [0.2, 0.25) is 6.43 Å². The van der Waals surface area contributed by atoms with Crippen molar-refractivity contribution in [2.75, 3.05) is 0 Å². The lowest BCUT2D eigenvalue weighted by atomic mass is 9.98. The van der Waals surface area contributed by atoms with Crippen LogP contribution in [-0.2, 0) is 4.79 Å². The summed E-state index contributed by atoms with van der Waals surface area (Å²) in [6.45, 7) is 0. The zero-order valence-corrected chi connectivity index (χ0v) is 5.89. The molecule has 1 aliphatic rings. The predicted octanol–water partition coefficient (Wildman–Crippen LogP) is 1.48. The van der Waals surface area contributed by atoms with Crippen LogP contribution in [0.25, 0.3) is 0 Å². The van der Waals surface area contributed by atoms with Crippen LogP contribution in [0, 0.1) is 24.2 Å². The van der Waals surface area contributed by atoms with E-state index in [1.165, 1.54) is 0 Å². The van der Waals surface area contributed by atoms with Crippen molar-refractivity contribution in [3.8, 4) is 12.3 Å². The Labute approximate surface area is 63.8 Å². The lowest BCUT2D eigenvalue weighted by Gasteiger charge is -2.10. The number of hydrogen-bond donors (Lipinski definition) is 0. The molecule has 0 aromatic heterocycles. The molecular weight excluding hydrogens is 150 g/mol. The van der Waals surface area contributed by atoms with E-state index in [2.05, 4.69) is 5.92 Å². The van der Waals surface area contributed by atoms with Gasteiger partial charge in [0.1, 0.15) is 5.78 Å². The van der Waals surface area contributed by atoms with Crippen LogP contribution in [0.15, 0.2) is 0 Å². The summed E-state index contributed by atoms with van der Waals surface area (Å²) in [6, 6.07) is 0. The van der Waals surface area contributed by atoms with E-state index in [4.69, 9.17) is 6.42 Å². The minimum absolute atomic E-state index is 0.0491. The molecule has 0 spiro atoms. The molecule has 2 unspecified atom stereocenters. The molecule has 0 N–H and O–H groups in total. The summed E-state index contributed by atoms with van der Waals surface area (Å²) in [5.74, 6) is 0.649. The molecule has 1 rings (SSSR count). The number of Topliss-reactive ketones (excluding diaryl/α,β-unsaturated/α-hetero) is 1. The molecule has 0 aliphatic heterocycles. The van der Waals surface area contributed by atoms with Gasteiger partial charge in [0.25, 0.3) is 0 Å². The molecule has 11 heavy (non-hydrogen) atoms. The first-order valence-electron chi connectivity index (χ1n) is 3.41. The third-order valence-corrected chi connectivity index (χ3v) is 1.97. The Kier molecular flexibility index (Phi) is 2.23. The molecule has 2 atom stereocenters. The number of halogens is 2. The summed E-state index contributed by atoms with van der Waals surface area (Å²) in [4.78, 5) is 10.7. The van der Waals surface area contributed by atoms with E-state index < -0.39 is 18.3 Å². The molecule has 0 heterocycles. The van der Waals surface area contributed by atoms with Gasteiger partial charge >= 0.3 is 0 Å². The average Bonchev–Trinajstić information content (AvgIpc) is 2.30. The molecule has 1 fully saturated rings. The second-order valence-corrected chi connectivity index (χ2v) is 2.72. The maximum Gasteiger partial charge on any atom is 0.243 e. The molecule has 3 heteroatoms. The fraction of sp³-hybridized carbons (Fsp3) is 0.625. The first-order valence-corrected chi connectivity index (χ1v) is 3.41. The van der Waals surface area contributed by atoms with Crippen molar-refractivity contribution >= 4 is 5.78 Å². The van der Waals surface area contributed by atoms with E-state index in [9.17, 15) is 13.6 Å². The number of alkyl halides is 2. The Morgan fingerprint density at radius 3 is 2.55 bits per heavy atom. The van der Waals surface area contributed by atoms with Gasteiger partial charge in [-0.25, -0.2) is 8.78 Å². The molecule has 0 amide bonds. The number of ketones is 1. The molecular formula is C8H8F2O. The normalized spacial score (nSPS) is 30.9. The van der Waals surface area contributed by atoms with Crippen molar-refractivity contribution in [2.45, 2.75) is 19.3 Å². The van der Waals surface area contributed by atoms with E-state index in [0.717, 1.165) is 0 Å². The van der Waals surface area contributed by atoms with Crippen molar-refractivity contribution in [2.24, 2.45) is 11.8 Å². The van der Waals surface area contributed by atoms with Gasteiger partial charge in [0.15, 0.2) is 0 Å². The van der Waals surface area contributed by atoms with Gasteiger partial charge in [-0.1, -0.05) is 0 Å². The summed E-state index contributed by atoms with van der Waals surface area (Å²) in [6.07, 6.45) is 2.61. The predicted molar refractivity (Wildman–Crippen MR) is 36.1 cm³/mol. The van der Waals surface area contributed by atoms with Crippen molar-refractivity contribution in [3.63, 3.8) is 0 Å². The highest BCUT2D eigenvalue weighted by Crippen LogP contribution is 2.33. The number of carbonyl (C=O) groups is 1. The highest BCUT2D eigenvalue weighted by molar-refractivity contribution is 5.81. The van der Waals surface area contributed by atoms with Crippen LogP contribution in [0.2, 0.25) is 0 Å². The lowest BCUT2D eigenvalue weighted by molar-refractivity contribution is -0.118.